The van der Waals surface area contributed by atoms with E-state index in [0.717, 1.165) is 12.2 Å². The van der Waals surface area contributed by atoms with E-state index in [2.05, 4.69) is 10.6 Å². The molecule has 12 nitrogen and oxygen atoms in total. The van der Waals surface area contributed by atoms with Crippen LogP contribution in [0, 0.1) is 0 Å². The van der Waals surface area contributed by atoms with Crippen molar-refractivity contribution in [3.8, 4) is 11.5 Å². The molecule has 2 aromatic carbocycles. The molecule has 2 aromatic rings. The van der Waals surface area contributed by atoms with Gasteiger partial charge in [-0.1, -0.05) is 24.3 Å². The van der Waals surface area contributed by atoms with E-state index in [-0.39, 0.29) is 49.2 Å². The number of esters is 2. The van der Waals surface area contributed by atoms with Gasteiger partial charge in [0.15, 0.2) is 0 Å². The van der Waals surface area contributed by atoms with E-state index in [9.17, 15) is 19.2 Å². The van der Waals surface area contributed by atoms with Gasteiger partial charge in [0, 0.05) is 52.2 Å². The number of amides is 2. The Bertz CT molecular complexity index is 1260. The van der Waals surface area contributed by atoms with Crippen molar-refractivity contribution < 1.29 is 38.1 Å². The van der Waals surface area contributed by atoms with Gasteiger partial charge in [-0.15, -0.1) is 0 Å². The van der Waals surface area contributed by atoms with Gasteiger partial charge in [-0.05, 0) is 38.4 Å². The number of hydrogen-bond donors (Lipinski definition) is 2. The maximum absolute atomic E-state index is 13.0. The second-order valence-corrected chi connectivity index (χ2v) is 10.2. The smallest absolute Gasteiger partial charge is 0.334 e. The fourth-order valence-corrected chi connectivity index (χ4v) is 4.88. The van der Waals surface area contributed by atoms with Crippen LogP contribution >= 0.6 is 0 Å². The van der Waals surface area contributed by atoms with E-state index in [1.54, 1.807) is 76.7 Å². The highest BCUT2D eigenvalue weighted by atomic mass is 16.7. The third kappa shape index (κ3) is 6.89. The topological polar surface area (TPSA) is 136 Å². The van der Waals surface area contributed by atoms with Crippen LogP contribution < -0.4 is 20.1 Å². The average molecular weight is 581 g/mol. The molecule has 0 saturated heterocycles. The molecule has 0 radical (unpaired) electrons. The van der Waals surface area contributed by atoms with Crippen LogP contribution in [0.3, 0.4) is 0 Å². The highest BCUT2D eigenvalue weighted by Gasteiger charge is 2.44. The Labute approximate surface area is 244 Å². The molecular weight excluding hydrogens is 544 g/mol. The minimum atomic E-state index is -1.52. The number of fused-ring (bicyclic) bond motifs is 2. The van der Waals surface area contributed by atoms with E-state index in [1.165, 1.54) is 9.80 Å². The summed E-state index contributed by atoms with van der Waals surface area (Å²) in [4.78, 5) is 54.8. The van der Waals surface area contributed by atoms with Gasteiger partial charge >= 0.3 is 11.9 Å². The number of carbonyl (C=O) groups excluding carboxylic acids is 4. The lowest BCUT2D eigenvalue weighted by Crippen LogP contribution is -2.51. The zero-order chi connectivity index (χ0) is 30.3. The highest BCUT2D eigenvalue weighted by molar-refractivity contribution is 5.98. The number of nitrogens with one attached hydrogen (secondary N) is 2. The summed E-state index contributed by atoms with van der Waals surface area (Å²) in [6, 6.07) is 13.5. The number of hydrogen-bond acceptors (Lipinski definition) is 10. The molecular formula is C30H36N4O8. The van der Waals surface area contributed by atoms with Gasteiger partial charge in [0.2, 0.25) is 0 Å². The van der Waals surface area contributed by atoms with E-state index < -0.39 is 23.5 Å². The lowest BCUT2D eigenvalue weighted by atomic mass is 10.1. The van der Waals surface area contributed by atoms with Crippen LogP contribution in [0.15, 0.2) is 60.7 Å². The Hall–Kier alpha value is -4.42. The highest BCUT2D eigenvalue weighted by Crippen LogP contribution is 2.33. The summed E-state index contributed by atoms with van der Waals surface area (Å²) in [5.74, 6) is -4.74. The maximum atomic E-state index is 13.0. The number of likely N-dealkylation sites (N-methyl/N-ethyl adjacent to an activating group) is 2. The van der Waals surface area contributed by atoms with Crippen LogP contribution in [-0.4, -0.2) is 99.5 Å². The monoisotopic (exact) mass is 580 g/mol. The van der Waals surface area contributed by atoms with Gasteiger partial charge < -0.3 is 39.4 Å². The molecule has 2 aliphatic heterocycles. The molecule has 42 heavy (non-hydrogen) atoms. The Balaban J connectivity index is 1.53. The third-order valence-corrected chi connectivity index (χ3v) is 6.92. The molecule has 0 fully saturated rings. The molecule has 224 valence electrons. The second kappa shape index (κ2) is 13.0. The molecule has 0 saturated carbocycles. The molecule has 2 N–H and O–H groups in total. The quantitative estimate of drug-likeness (QED) is 0.315. The van der Waals surface area contributed by atoms with Crippen molar-refractivity contribution in [3.63, 3.8) is 0 Å². The van der Waals surface area contributed by atoms with Crippen molar-refractivity contribution in [2.24, 2.45) is 0 Å². The van der Waals surface area contributed by atoms with Crippen molar-refractivity contribution in [2.45, 2.75) is 24.4 Å². The molecule has 12 heteroatoms. The summed E-state index contributed by atoms with van der Waals surface area (Å²) in [6.45, 7) is 0.768. The number of rotatable bonds is 10. The lowest BCUT2D eigenvalue weighted by molar-refractivity contribution is -0.199. The van der Waals surface area contributed by atoms with Crippen LogP contribution in [0.2, 0.25) is 0 Å². The van der Waals surface area contributed by atoms with Crippen molar-refractivity contribution in [3.05, 3.63) is 71.8 Å². The first kappa shape index (κ1) is 30.5. The van der Waals surface area contributed by atoms with E-state index in [4.69, 9.17) is 18.9 Å². The third-order valence-electron chi connectivity index (χ3n) is 6.92. The molecule has 0 aromatic heterocycles. The van der Waals surface area contributed by atoms with Gasteiger partial charge in [-0.3, -0.25) is 9.59 Å². The molecule has 0 spiro atoms. The standard InChI is InChI=1S/C30H36N4O8/c1-31-17-15-29(19-33(3)27(37)21-9-5-7-11-23(21)39-29)41-25(35)13-14-26(36)42-30(16-18-32-2)20-34(4)28(38)22-10-6-8-12-24(22)40-30/h5-14,31-32H,15-20H2,1-4H3/b14-13+. The zero-order valence-corrected chi connectivity index (χ0v) is 24.2. The summed E-state index contributed by atoms with van der Waals surface area (Å²) in [6.07, 6.45) is 2.33. The largest absolute Gasteiger partial charge is 0.449 e. The number of nitrogens with zero attached hydrogens (tertiary/aromatic N) is 2. The first-order valence-electron chi connectivity index (χ1n) is 13.6. The van der Waals surface area contributed by atoms with Gasteiger partial charge in [-0.25, -0.2) is 9.59 Å². The summed E-state index contributed by atoms with van der Waals surface area (Å²) < 4.78 is 23.9. The van der Waals surface area contributed by atoms with Crippen molar-refractivity contribution in [2.75, 3.05) is 54.4 Å². The molecule has 2 aliphatic rings. The van der Waals surface area contributed by atoms with Crippen molar-refractivity contribution >= 4 is 23.8 Å². The Kier molecular flexibility index (Phi) is 9.48. The molecule has 0 bridgehead atoms. The zero-order valence-electron chi connectivity index (χ0n) is 24.2. The van der Waals surface area contributed by atoms with Crippen LogP contribution in [0.1, 0.15) is 33.6 Å². The van der Waals surface area contributed by atoms with Crippen molar-refractivity contribution in [1.29, 1.82) is 0 Å². The number of benzene rings is 2. The Morgan fingerprint density at radius 1 is 0.762 bits per heavy atom. The SMILES string of the molecule is CNCCC1(OC(=O)/C=C/C(=O)OC2(CCNC)CN(C)C(=O)c3ccccc3O2)CN(C)C(=O)c2ccccc2O1. The Morgan fingerprint density at radius 2 is 1.14 bits per heavy atom. The van der Waals surface area contributed by atoms with E-state index in [0.29, 0.717) is 24.2 Å². The predicted molar refractivity (Wildman–Crippen MR) is 152 cm³/mol. The minimum Gasteiger partial charge on any atom is -0.449 e. The first-order chi connectivity index (χ1) is 20.1. The van der Waals surface area contributed by atoms with Gasteiger partial charge in [0.05, 0.1) is 24.2 Å². The predicted octanol–water partition coefficient (Wildman–Crippen LogP) is 1.57. The first-order valence-corrected chi connectivity index (χ1v) is 13.6. The van der Waals surface area contributed by atoms with Crippen LogP contribution in [0.4, 0.5) is 0 Å². The number of ether oxygens (including phenoxy) is 4. The lowest BCUT2D eigenvalue weighted by Gasteiger charge is -2.34. The summed E-state index contributed by atoms with van der Waals surface area (Å²) >= 11 is 0. The maximum Gasteiger partial charge on any atom is 0.334 e. The summed E-state index contributed by atoms with van der Waals surface area (Å²) in [5.41, 5.74) is 0.698. The van der Waals surface area contributed by atoms with E-state index in [1.807, 2.05) is 0 Å². The number of para-hydroxylation sites is 2. The summed E-state index contributed by atoms with van der Waals surface area (Å²) in [5, 5.41) is 6.01. The number of carbonyl (C=O) groups is 4. The molecule has 2 unspecified atom stereocenters. The van der Waals surface area contributed by atoms with E-state index >= 15 is 0 Å². The normalized spacial score (nSPS) is 21.9. The molecule has 2 amide bonds. The molecule has 4 rings (SSSR count). The summed E-state index contributed by atoms with van der Waals surface area (Å²) in [7, 11) is 6.68. The second-order valence-electron chi connectivity index (χ2n) is 10.2. The molecule has 0 aliphatic carbocycles. The molecule has 2 heterocycles. The fourth-order valence-electron chi connectivity index (χ4n) is 4.88. The molecule has 2 atom stereocenters. The average Bonchev–Trinajstić information content (AvgIpc) is 3.14. The van der Waals surface area contributed by atoms with Gasteiger partial charge in [0.25, 0.3) is 23.4 Å². The minimum absolute atomic E-state index is 0.0348. The fraction of sp³-hybridized carbons (Fsp3) is 0.400. The van der Waals surface area contributed by atoms with Crippen LogP contribution in [0.5, 0.6) is 11.5 Å². The van der Waals surface area contributed by atoms with Crippen molar-refractivity contribution in [1.82, 2.24) is 20.4 Å². The van der Waals surface area contributed by atoms with Crippen LogP contribution in [-0.2, 0) is 19.1 Å². The van der Waals surface area contributed by atoms with Crippen LogP contribution in [0.25, 0.3) is 0 Å². The van der Waals surface area contributed by atoms with Gasteiger partial charge in [0.1, 0.15) is 11.5 Å². The van der Waals surface area contributed by atoms with Gasteiger partial charge in [-0.2, -0.15) is 0 Å². The Morgan fingerprint density at radius 3 is 1.52 bits per heavy atom.